The number of aliphatic imine (C=N–C) groups is 1. The van der Waals surface area contributed by atoms with Crippen LogP contribution in [0.1, 0.15) is 117 Å². The highest BCUT2D eigenvalue weighted by atomic mass is 79.9. The van der Waals surface area contributed by atoms with E-state index in [1.807, 2.05) is 0 Å². The minimum atomic E-state index is -0.244. The SMILES string of the molecule is CCCCCCCCC1CCC2C3CC(C4=NC(=O)CS4)C4(Br)CC(O)CCC4(C)C3CCC12C. The van der Waals surface area contributed by atoms with Crippen LogP contribution in [0.15, 0.2) is 4.99 Å². The van der Waals surface area contributed by atoms with Crippen LogP contribution in [-0.2, 0) is 4.79 Å². The number of aliphatic hydroxyl groups excluding tert-OH is 1. The van der Waals surface area contributed by atoms with Gasteiger partial charge in [0.15, 0.2) is 0 Å². The van der Waals surface area contributed by atoms with E-state index in [2.05, 4.69) is 41.7 Å². The summed E-state index contributed by atoms with van der Waals surface area (Å²) in [6, 6.07) is 0. The molecule has 0 saturated heterocycles. The van der Waals surface area contributed by atoms with Crippen molar-refractivity contribution in [3.63, 3.8) is 0 Å². The monoisotopic (exact) mass is 565 g/mol. The van der Waals surface area contributed by atoms with Crippen LogP contribution in [0.5, 0.6) is 0 Å². The lowest BCUT2D eigenvalue weighted by atomic mass is 9.42. The smallest absolute Gasteiger partial charge is 0.256 e. The number of aliphatic hydroxyl groups is 1. The van der Waals surface area contributed by atoms with Crippen LogP contribution < -0.4 is 0 Å². The summed E-state index contributed by atoms with van der Waals surface area (Å²) < 4.78 is -0.139. The number of amides is 1. The van der Waals surface area contributed by atoms with Gasteiger partial charge >= 0.3 is 0 Å². The molecule has 5 heteroatoms. The van der Waals surface area contributed by atoms with E-state index in [0.29, 0.717) is 11.2 Å². The molecule has 1 amide bonds. The third kappa shape index (κ3) is 4.54. The first-order valence-electron chi connectivity index (χ1n) is 14.8. The van der Waals surface area contributed by atoms with Gasteiger partial charge in [0.2, 0.25) is 0 Å². The first-order valence-corrected chi connectivity index (χ1v) is 16.6. The van der Waals surface area contributed by atoms with Gasteiger partial charge in [-0.3, -0.25) is 4.79 Å². The number of rotatable bonds is 8. The molecule has 1 aliphatic heterocycles. The number of alkyl halides is 1. The van der Waals surface area contributed by atoms with Gasteiger partial charge in [0.25, 0.3) is 5.91 Å². The Morgan fingerprint density at radius 2 is 1.80 bits per heavy atom. The summed E-state index contributed by atoms with van der Waals surface area (Å²) >= 11 is 6.00. The average molecular weight is 567 g/mol. The van der Waals surface area contributed by atoms with Gasteiger partial charge in [0.05, 0.1) is 16.9 Å². The second kappa shape index (κ2) is 10.4. The lowest BCUT2D eigenvalue weighted by Gasteiger charge is -2.66. The van der Waals surface area contributed by atoms with E-state index in [-0.39, 0.29) is 27.7 Å². The maximum atomic E-state index is 12.2. The molecule has 0 aromatic carbocycles. The Morgan fingerprint density at radius 1 is 1.03 bits per heavy atom. The number of halogens is 1. The fourth-order valence-corrected chi connectivity index (χ4v) is 12.2. The maximum Gasteiger partial charge on any atom is 0.256 e. The Kier molecular flexibility index (Phi) is 7.91. The minimum Gasteiger partial charge on any atom is -0.393 e. The predicted octanol–water partition coefficient (Wildman–Crippen LogP) is 8.17. The van der Waals surface area contributed by atoms with Crippen LogP contribution in [0.25, 0.3) is 0 Å². The Balaban J connectivity index is 1.37. The molecule has 9 unspecified atom stereocenters. The summed E-state index contributed by atoms with van der Waals surface area (Å²) in [5.41, 5.74) is 0.652. The van der Waals surface area contributed by atoms with Crippen molar-refractivity contribution in [3.05, 3.63) is 0 Å². The number of hydrogen-bond donors (Lipinski definition) is 1. The lowest BCUT2D eigenvalue weighted by Crippen LogP contribution is -2.64. The fraction of sp³-hybridized carbons (Fsp3) is 0.933. The second-order valence-electron chi connectivity index (χ2n) is 13.3. The number of nitrogens with zero attached hydrogens (tertiary/aromatic N) is 1. The number of fused-ring (bicyclic) bond motifs is 5. The topological polar surface area (TPSA) is 49.7 Å². The van der Waals surface area contributed by atoms with Gasteiger partial charge < -0.3 is 5.11 Å². The van der Waals surface area contributed by atoms with Crippen LogP contribution in [0.2, 0.25) is 0 Å². The van der Waals surface area contributed by atoms with Crippen LogP contribution in [0, 0.1) is 40.4 Å². The van der Waals surface area contributed by atoms with Gasteiger partial charge in [0, 0.05) is 10.2 Å². The van der Waals surface area contributed by atoms with Gasteiger partial charge in [-0.2, -0.15) is 0 Å². The molecule has 198 valence electrons. The molecule has 4 aliphatic carbocycles. The molecule has 4 fully saturated rings. The molecule has 5 aliphatic rings. The molecular weight excluding hydrogens is 518 g/mol. The van der Waals surface area contributed by atoms with Crippen LogP contribution in [-0.4, -0.2) is 32.2 Å². The van der Waals surface area contributed by atoms with Crippen LogP contribution >= 0.6 is 27.7 Å². The zero-order chi connectivity index (χ0) is 24.8. The maximum absolute atomic E-state index is 12.2. The highest BCUT2D eigenvalue weighted by Gasteiger charge is 2.67. The Morgan fingerprint density at radius 3 is 2.54 bits per heavy atom. The third-order valence-corrected chi connectivity index (χ3v) is 14.6. The van der Waals surface area contributed by atoms with E-state index in [4.69, 9.17) is 0 Å². The molecule has 0 aromatic heterocycles. The summed E-state index contributed by atoms with van der Waals surface area (Å²) in [6.07, 6.45) is 19.1. The zero-order valence-corrected chi connectivity index (χ0v) is 24.8. The van der Waals surface area contributed by atoms with E-state index in [1.165, 1.54) is 70.6 Å². The minimum absolute atomic E-state index is 0.0367. The van der Waals surface area contributed by atoms with Crippen LogP contribution in [0.3, 0.4) is 0 Å². The Labute approximate surface area is 226 Å². The van der Waals surface area contributed by atoms with Crippen molar-refractivity contribution in [3.8, 4) is 0 Å². The van der Waals surface area contributed by atoms with Gasteiger partial charge in [-0.1, -0.05) is 75.2 Å². The van der Waals surface area contributed by atoms with Crippen molar-refractivity contribution in [2.24, 2.45) is 45.4 Å². The molecule has 1 heterocycles. The highest BCUT2D eigenvalue weighted by molar-refractivity contribution is 9.10. The van der Waals surface area contributed by atoms with Gasteiger partial charge in [-0.15, -0.1) is 11.8 Å². The molecule has 0 aromatic rings. The van der Waals surface area contributed by atoms with E-state index in [9.17, 15) is 9.90 Å². The van der Waals surface area contributed by atoms with Crippen molar-refractivity contribution in [1.82, 2.24) is 0 Å². The van der Waals surface area contributed by atoms with Gasteiger partial charge in [-0.05, 0) is 92.3 Å². The summed E-state index contributed by atoms with van der Waals surface area (Å²) in [7, 11) is 0. The van der Waals surface area contributed by atoms with E-state index < -0.39 is 0 Å². The second-order valence-corrected chi connectivity index (χ2v) is 15.8. The van der Waals surface area contributed by atoms with E-state index in [1.54, 1.807) is 11.8 Å². The normalized spacial score (nSPS) is 47.2. The fourth-order valence-electron chi connectivity index (χ4n) is 9.80. The number of unbranched alkanes of at least 4 members (excludes halogenated alkanes) is 5. The average Bonchev–Trinajstić information content (AvgIpc) is 3.39. The van der Waals surface area contributed by atoms with Crippen molar-refractivity contribution in [1.29, 1.82) is 0 Å². The molecular formula is C30H48BrNO2S. The molecule has 5 rings (SSSR count). The number of hydrogen-bond acceptors (Lipinski definition) is 3. The third-order valence-electron chi connectivity index (χ3n) is 11.8. The largest absolute Gasteiger partial charge is 0.393 e. The molecule has 0 radical (unpaired) electrons. The van der Waals surface area contributed by atoms with Crippen LogP contribution in [0.4, 0.5) is 0 Å². The molecule has 9 atom stereocenters. The number of carbonyl (C=O) groups excluding carboxylic acids is 1. The summed E-state index contributed by atoms with van der Waals surface area (Å²) in [5, 5.41) is 11.8. The Hall–Kier alpha value is 0.130. The lowest BCUT2D eigenvalue weighted by molar-refractivity contribution is -0.122. The molecule has 4 saturated carbocycles. The van der Waals surface area contributed by atoms with Crippen molar-refractivity contribution < 1.29 is 9.90 Å². The number of carbonyl (C=O) groups is 1. The quantitative estimate of drug-likeness (QED) is 0.238. The molecule has 0 spiro atoms. The molecule has 0 bridgehead atoms. The predicted molar refractivity (Wildman–Crippen MR) is 151 cm³/mol. The molecule has 35 heavy (non-hydrogen) atoms. The zero-order valence-electron chi connectivity index (χ0n) is 22.4. The first kappa shape index (κ1) is 26.7. The van der Waals surface area contributed by atoms with Gasteiger partial charge in [-0.25, -0.2) is 4.99 Å². The van der Waals surface area contributed by atoms with Crippen molar-refractivity contribution >= 4 is 38.6 Å². The molecule has 3 nitrogen and oxygen atoms in total. The standard InChI is InChI=1S/C30H48BrNO2S/c1-4-5-6-7-8-9-10-20-11-12-23-22-17-25(27-32-26(34)19-35-27)30(31)18-21(33)13-16-29(30,3)24(22)14-15-28(20,23)2/h20-25,33H,4-19H2,1-3H3. The first-order chi connectivity index (χ1) is 16.7. The molecule has 1 N–H and O–H groups in total. The van der Waals surface area contributed by atoms with Crippen molar-refractivity contribution in [2.45, 2.75) is 128 Å². The number of thioether (sulfide) groups is 1. The Bertz CT molecular complexity index is 833. The summed E-state index contributed by atoms with van der Waals surface area (Å²) in [5.74, 6) is 3.97. The summed E-state index contributed by atoms with van der Waals surface area (Å²) in [6.45, 7) is 7.49. The van der Waals surface area contributed by atoms with Gasteiger partial charge in [0.1, 0.15) is 0 Å². The van der Waals surface area contributed by atoms with E-state index >= 15 is 0 Å². The van der Waals surface area contributed by atoms with Crippen molar-refractivity contribution in [2.75, 3.05) is 5.75 Å². The summed E-state index contributed by atoms with van der Waals surface area (Å²) in [4.78, 5) is 16.7. The highest BCUT2D eigenvalue weighted by Crippen LogP contribution is 2.72. The van der Waals surface area contributed by atoms with E-state index in [0.717, 1.165) is 54.4 Å².